The molecule has 0 saturated carbocycles. The van der Waals surface area contributed by atoms with Crippen LogP contribution >= 0.6 is 0 Å². The Kier molecular flexibility index (Phi) is 9.41. The van der Waals surface area contributed by atoms with Gasteiger partial charge in [-0.15, -0.1) is 0 Å². The standard InChI is InChI=1S/C33H31FN2O4/c1-23(25-11-3-2-4-12-25)22-36(19-18-31(37)38)33(40)30-17-8-6-15-28(30)27-14-5-7-16-29(27)32(39)35-21-24-10-9-13-26(34)20-24/h2-17,20,23H,18-19,21-22H2,1H3,(H,35,39)(H,37,38). The highest BCUT2D eigenvalue weighted by atomic mass is 19.1. The van der Waals surface area contributed by atoms with Crippen LogP contribution in [0, 0.1) is 5.82 Å². The molecule has 0 saturated heterocycles. The van der Waals surface area contributed by atoms with Gasteiger partial charge < -0.3 is 15.3 Å². The van der Waals surface area contributed by atoms with E-state index in [2.05, 4.69) is 5.32 Å². The zero-order chi connectivity index (χ0) is 28.5. The Labute approximate surface area is 233 Å². The molecule has 0 bridgehead atoms. The lowest BCUT2D eigenvalue weighted by molar-refractivity contribution is -0.137. The first-order valence-electron chi connectivity index (χ1n) is 13.1. The molecule has 0 aliphatic rings. The second-order valence-corrected chi connectivity index (χ2v) is 9.61. The number of carboxylic acids is 1. The van der Waals surface area contributed by atoms with Gasteiger partial charge in [0, 0.05) is 30.8 Å². The van der Waals surface area contributed by atoms with Gasteiger partial charge in [-0.2, -0.15) is 0 Å². The van der Waals surface area contributed by atoms with E-state index in [1.807, 2.05) is 37.3 Å². The Bertz CT molecular complexity index is 1490. The predicted octanol–water partition coefficient (Wildman–Crippen LogP) is 6.14. The first kappa shape index (κ1) is 28.2. The summed E-state index contributed by atoms with van der Waals surface area (Å²) in [7, 11) is 0. The van der Waals surface area contributed by atoms with E-state index in [4.69, 9.17) is 0 Å². The summed E-state index contributed by atoms with van der Waals surface area (Å²) in [5.41, 5.74) is 3.55. The van der Waals surface area contributed by atoms with Crippen molar-refractivity contribution in [1.29, 1.82) is 0 Å². The van der Waals surface area contributed by atoms with E-state index < -0.39 is 5.97 Å². The minimum absolute atomic E-state index is 0.0213. The number of amides is 2. The highest BCUT2D eigenvalue weighted by Crippen LogP contribution is 2.29. The first-order valence-corrected chi connectivity index (χ1v) is 13.1. The first-order chi connectivity index (χ1) is 19.3. The molecule has 0 aliphatic carbocycles. The van der Waals surface area contributed by atoms with E-state index in [1.165, 1.54) is 12.1 Å². The van der Waals surface area contributed by atoms with Crippen LogP contribution in [0.2, 0.25) is 0 Å². The summed E-state index contributed by atoms with van der Waals surface area (Å²) in [6, 6.07) is 29.8. The van der Waals surface area contributed by atoms with Crippen LogP contribution in [0.4, 0.5) is 4.39 Å². The molecule has 6 nitrogen and oxygen atoms in total. The number of halogens is 1. The van der Waals surface area contributed by atoms with Crippen molar-refractivity contribution in [2.24, 2.45) is 0 Å². The minimum atomic E-state index is -0.987. The van der Waals surface area contributed by atoms with Gasteiger partial charge in [0.2, 0.25) is 0 Å². The van der Waals surface area contributed by atoms with Crippen LogP contribution in [0.1, 0.15) is 51.1 Å². The predicted molar refractivity (Wildman–Crippen MR) is 152 cm³/mol. The van der Waals surface area contributed by atoms with Crippen molar-refractivity contribution in [2.75, 3.05) is 13.1 Å². The Balaban J connectivity index is 1.63. The summed E-state index contributed by atoms with van der Waals surface area (Å²) in [4.78, 5) is 40.1. The molecular weight excluding hydrogens is 507 g/mol. The smallest absolute Gasteiger partial charge is 0.305 e. The van der Waals surface area contributed by atoms with Crippen molar-refractivity contribution >= 4 is 17.8 Å². The largest absolute Gasteiger partial charge is 0.481 e. The summed E-state index contributed by atoms with van der Waals surface area (Å²) in [6.07, 6.45) is -0.186. The van der Waals surface area contributed by atoms with Crippen LogP contribution < -0.4 is 5.32 Å². The number of nitrogens with one attached hydrogen (secondary N) is 1. The molecule has 1 unspecified atom stereocenters. The quantitative estimate of drug-likeness (QED) is 0.240. The van der Waals surface area contributed by atoms with Gasteiger partial charge in [-0.3, -0.25) is 14.4 Å². The van der Waals surface area contributed by atoms with Crippen LogP contribution in [0.5, 0.6) is 0 Å². The third-order valence-corrected chi connectivity index (χ3v) is 6.71. The Morgan fingerprint density at radius 1 is 0.825 bits per heavy atom. The molecule has 0 spiro atoms. The molecule has 1 atom stereocenters. The van der Waals surface area contributed by atoms with E-state index in [-0.39, 0.29) is 43.1 Å². The molecule has 4 aromatic rings. The maximum absolute atomic E-state index is 13.9. The zero-order valence-electron chi connectivity index (χ0n) is 22.2. The average molecular weight is 539 g/mol. The van der Waals surface area contributed by atoms with E-state index in [0.29, 0.717) is 34.4 Å². The highest BCUT2D eigenvalue weighted by Gasteiger charge is 2.24. The van der Waals surface area contributed by atoms with Gasteiger partial charge in [0.05, 0.1) is 6.42 Å². The molecule has 0 heterocycles. The molecule has 2 N–H and O–H groups in total. The molecule has 40 heavy (non-hydrogen) atoms. The van der Waals surface area contributed by atoms with Gasteiger partial charge in [-0.25, -0.2) is 4.39 Å². The van der Waals surface area contributed by atoms with Crippen molar-refractivity contribution in [3.05, 3.63) is 131 Å². The third kappa shape index (κ3) is 7.20. The highest BCUT2D eigenvalue weighted by molar-refractivity contribution is 6.06. The Morgan fingerprint density at radius 3 is 2.12 bits per heavy atom. The molecule has 4 aromatic carbocycles. The summed E-state index contributed by atoms with van der Waals surface area (Å²) >= 11 is 0. The molecule has 0 aromatic heterocycles. The van der Waals surface area contributed by atoms with E-state index in [9.17, 15) is 23.9 Å². The normalized spacial score (nSPS) is 11.4. The summed E-state index contributed by atoms with van der Waals surface area (Å²) in [6.45, 7) is 2.53. The molecule has 0 aliphatic heterocycles. The Morgan fingerprint density at radius 2 is 1.45 bits per heavy atom. The van der Waals surface area contributed by atoms with Gasteiger partial charge in [0.1, 0.15) is 5.82 Å². The van der Waals surface area contributed by atoms with Gasteiger partial charge in [0.15, 0.2) is 0 Å². The lowest BCUT2D eigenvalue weighted by Crippen LogP contribution is -2.36. The van der Waals surface area contributed by atoms with Gasteiger partial charge in [0.25, 0.3) is 11.8 Å². The van der Waals surface area contributed by atoms with Crippen molar-refractivity contribution in [2.45, 2.75) is 25.8 Å². The van der Waals surface area contributed by atoms with Crippen molar-refractivity contribution < 1.29 is 23.9 Å². The van der Waals surface area contributed by atoms with Crippen molar-refractivity contribution in [3.8, 4) is 11.1 Å². The molecule has 0 fully saturated rings. The fraction of sp³-hybridized carbons (Fsp3) is 0.182. The van der Waals surface area contributed by atoms with Crippen LogP contribution in [0.3, 0.4) is 0 Å². The second kappa shape index (κ2) is 13.3. The van der Waals surface area contributed by atoms with Crippen molar-refractivity contribution in [1.82, 2.24) is 10.2 Å². The molecular formula is C33H31FN2O4. The van der Waals surface area contributed by atoms with Crippen molar-refractivity contribution in [3.63, 3.8) is 0 Å². The van der Waals surface area contributed by atoms with Gasteiger partial charge in [-0.1, -0.05) is 85.8 Å². The molecule has 7 heteroatoms. The summed E-state index contributed by atoms with van der Waals surface area (Å²) in [5.74, 6) is -2.06. The van der Waals surface area contributed by atoms with E-state index in [1.54, 1.807) is 65.6 Å². The van der Waals surface area contributed by atoms with Crippen LogP contribution in [-0.2, 0) is 11.3 Å². The molecule has 0 radical (unpaired) electrons. The van der Waals surface area contributed by atoms with Crippen LogP contribution in [0.15, 0.2) is 103 Å². The number of aliphatic carboxylic acids is 1. The lowest BCUT2D eigenvalue weighted by atomic mass is 9.93. The second-order valence-electron chi connectivity index (χ2n) is 9.61. The number of rotatable bonds is 11. The fourth-order valence-electron chi connectivity index (χ4n) is 4.64. The van der Waals surface area contributed by atoms with E-state index in [0.717, 1.165) is 5.56 Å². The third-order valence-electron chi connectivity index (χ3n) is 6.71. The summed E-state index contributed by atoms with van der Waals surface area (Å²) < 4.78 is 13.6. The van der Waals surface area contributed by atoms with Gasteiger partial charge >= 0.3 is 5.97 Å². The topological polar surface area (TPSA) is 86.7 Å². The lowest BCUT2D eigenvalue weighted by Gasteiger charge is -2.27. The minimum Gasteiger partial charge on any atom is -0.481 e. The average Bonchev–Trinajstić information content (AvgIpc) is 2.98. The zero-order valence-corrected chi connectivity index (χ0v) is 22.2. The molecule has 204 valence electrons. The number of nitrogens with zero attached hydrogens (tertiary/aromatic N) is 1. The van der Waals surface area contributed by atoms with Crippen LogP contribution in [0.25, 0.3) is 11.1 Å². The van der Waals surface area contributed by atoms with Gasteiger partial charge in [-0.05, 0) is 52.4 Å². The number of hydrogen-bond donors (Lipinski definition) is 2. The molecule has 4 rings (SSSR count). The maximum atomic E-state index is 13.9. The number of hydrogen-bond acceptors (Lipinski definition) is 3. The SMILES string of the molecule is CC(CN(CCC(=O)O)C(=O)c1ccccc1-c1ccccc1C(=O)NCc1cccc(F)c1)c1ccccc1. The maximum Gasteiger partial charge on any atom is 0.305 e. The number of carbonyl (C=O) groups is 3. The fourth-order valence-corrected chi connectivity index (χ4v) is 4.64. The van der Waals surface area contributed by atoms with E-state index >= 15 is 0 Å². The number of benzene rings is 4. The monoisotopic (exact) mass is 538 g/mol. The van der Waals surface area contributed by atoms with Crippen LogP contribution in [-0.4, -0.2) is 40.9 Å². The molecule has 2 amide bonds. The Hall–Kier alpha value is -4.78. The summed E-state index contributed by atoms with van der Waals surface area (Å²) in [5, 5.41) is 12.2. The number of carbonyl (C=O) groups excluding carboxylic acids is 2. The number of carboxylic acid groups (broad SMARTS) is 1.